The van der Waals surface area contributed by atoms with Crippen LogP contribution in [-0.4, -0.2) is 38.1 Å². The van der Waals surface area contributed by atoms with Gasteiger partial charge in [-0.25, -0.2) is 20.4 Å². The second-order valence-electron chi connectivity index (χ2n) is 2.03. The van der Waals surface area contributed by atoms with E-state index < -0.39 is 6.03 Å². The SMILES string of the molecule is CNC(=O)NNC(=O)N(C)C. The number of nitrogens with one attached hydrogen (secondary N) is 3. The molecule has 0 aliphatic rings. The van der Waals surface area contributed by atoms with Crippen LogP contribution in [-0.2, 0) is 0 Å². The van der Waals surface area contributed by atoms with Crippen molar-refractivity contribution in [1.82, 2.24) is 21.1 Å². The van der Waals surface area contributed by atoms with Crippen LogP contribution in [0.25, 0.3) is 0 Å². The highest BCUT2D eigenvalue weighted by atomic mass is 16.2. The lowest BCUT2D eigenvalue weighted by Gasteiger charge is -2.11. The molecule has 0 radical (unpaired) electrons. The van der Waals surface area contributed by atoms with Gasteiger partial charge in [-0.15, -0.1) is 0 Å². The molecule has 0 aliphatic heterocycles. The summed E-state index contributed by atoms with van der Waals surface area (Å²) in [7, 11) is 4.60. The summed E-state index contributed by atoms with van der Waals surface area (Å²) in [5.41, 5.74) is 4.28. The van der Waals surface area contributed by atoms with Crippen molar-refractivity contribution in [1.29, 1.82) is 0 Å². The van der Waals surface area contributed by atoms with Gasteiger partial charge in [0.15, 0.2) is 0 Å². The van der Waals surface area contributed by atoms with Crippen LogP contribution in [0.5, 0.6) is 0 Å². The third kappa shape index (κ3) is 4.01. The maximum atomic E-state index is 10.7. The number of rotatable bonds is 0. The molecule has 0 unspecified atom stereocenters. The summed E-state index contributed by atoms with van der Waals surface area (Å²) >= 11 is 0. The fourth-order valence-corrected chi connectivity index (χ4v) is 0.285. The van der Waals surface area contributed by atoms with Gasteiger partial charge < -0.3 is 10.2 Å². The van der Waals surface area contributed by atoms with Gasteiger partial charge in [0.2, 0.25) is 0 Å². The number of hydrogen-bond acceptors (Lipinski definition) is 2. The first kappa shape index (κ1) is 9.54. The summed E-state index contributed by atoms with van der Waals surface area (Å²) < 4.78 is 0. The highest BCUT2D eigenvalue weighted by Crippen LogP contribution is 1.72. The van der Waals surface area contributed by atoms with Crippen LogP contribution in [0.4, 0.5) is 9.59 Å². The van der Waals surface area contributed by atoms with Gasteiger partial charge in [0.1, 0.15) is 0 Å². The van der Waals surface area contributed by atoms with Crippen molar-refractivity contribution in [3.63, 3.8) is 0 Å². The zero-order valence-corrected chi connectivity index (χ0v) is 6.76. The first-order chi connectivity index (χ1) is 5.07. The molecular weight excluding hydrogens is 148 g/mol. The zero-order valence-electron chi connectivity index (χ0n) is 6.76. The molecule has 0 spiro atoms. The fraction of sp³-hybridized carbons (Fsp3) is 0.600. The first-order valence-electron chi connectivity index (χ1n) is 3.03. The molecule has 3 N–H and O–H groups in total. The maximum Gasteiger partial charge on any atom is 0.335 e. The number of amides is 4. The quantitative estimate of drug-likeness (QED) is 0.402. The predicted octanol–water partition coefficient (Wildman–Crippen LogP) is -0.898. The third-order valence-corrected chi connectivity index (χ3v) is 0.916. The van der Waals surface area contributed by atoms with Gasteiger partial charge in [-0.1, -0.05) is 0 Å². The van der Waals surface area contributed by atoms with Gasteiger partial charge in [0.05, 0.1) is 0 Å². The van der Waals surface area contributed by atoms with E-state index >= 15 is 0 Å². The molecule has 0 aromatic heterocycles. The molecular formula is C5H12N4O2. The molecule has 64 valence electrons. The number of nitrogens with zero attached hydrogens (tertiary/aromatic N) is 1. The largest absolute Gasteiger partial charge is 0.340 e. The molecule has 4 amide bonds. The topological polar surface area (TPSA) is 73.5 Å². The zero-order chi connectivity index (χ0) is 8.85. The number of hydrogen-bond donors (Lipinski definition) is 3. The molecule has 0 saturated carbocycles. The van der Waals surface area contributed by atoms with E-state index in [9.17, 15) is 9.59 Å². The van der Waals surface area contributed by atoms with Gasteiger partial charge in [-0.3, -0.25) is 0 Å². The first-order valence-corrected chi connectivity index (χ1v) is 3.03. The highest BCUT2D eigenvalue weighted by Gasteiger charge is 2.02. The van der Waals surface area contributed by atoms with Crippen LogP contribution in [0.15, 0.2) is 0 Å². The van der Waals surface area contributed by atoms with Crippen molar-refractivity contribution in [2.75, 3.05) is 21.1 Å². The van der Waals surface area contributed by atoms with E-state index in [0.717, 1.165) is 0 Å². The van der Waals surface area contributed by atoms with Crippen LogP contribution < -0.4 is 16.2 Å². The minimum atomic E-state index is -0.458. The fourth-order valence-electron chi connectivity index (χ4n) is 0.285. The van der Waals surface area contributed by atoms with E-state index in [1.54, 1.807) is 14.1 Å². The summed E-state index contributed by atoms with van der Waals surface area (Å²) in [4.78, 5) is 22.5. The number of urea groups is 2. The Labute approximate surface area is 64.9 Å². The minimum Gasteiger partial charge on any atom is -0.340 e. The molecule has 0 aromatic rings. The summed E-state index contributed by atoms with van der Waals surface area (Å²) in [5.74, 6) is 0. The Bertz CT molecular complexity index is 157. The lowest BCUT2D eigenvalue weighted by molar-refractivity contribution is 0.208. The standard InChI is InChI=1S/C5H12N4O2/c1-6-4(10)7-8-5(11)9(2)3/h1-3H3,(H,8,11)(H2,6,7,10). The van der Waals surface area contributed by atoms with E-state index in [0.29, 0.717) is 0 Å². The number of hydrazine groups is 1. The van der Waals surface area contributed by atoms with Crippen LogP contribution in [0.2, 0.25) is 0 Å². The van der Waals surface area contributed by atoms with E-state index in [4.69, 9.17) is 0 Å². The minimum absolute atomic E-state index is 0.381. The Morgan fingerprint density at radius 1 is 1.18 bits per heavy atom. The van der Waals surface area contributed by atoms with Crippen molar-refractivity contribution in [2.45, 2.75) is 0 Å². The van der Waals surface area contributed by atoms with E-state index in [1.165, 1.54) is 11.9 Å². The molecule has 0 fully saturated rings. The summed E-state index contributed by atoms with van der Waals surface area (Å²) in [5, 5.41) is 2.28. The third-order valence-electron chi connectivity index (χ3n) is 0.916. The van der Waals surface area contributed by atoms with Crippen LogP contribution >= 0.6 is 0 Å². The summed E-state index contributed by atoms with van der Waals surface area (Å²) in [6.07, 6.45) is 0. The Morgan fingerprint density at radius 2 is 1.73 bits per heavy atom. The molecule has 11 heavy (non-hydrogen) atoms. The normalized spacial score (nSPS) is 8.27. The van der Waals surface area contributed by atoms with E-state index in [-0.39, 0.29) is 6.03 Å². The Morgan fingerprint density at radius 3 is 2.09 bits per heavy atom. The Hall–Kier alpha value is -1.46. The molecule has 0 bridgehead atoms. The lowest BCUT2D eigenvalue weighted by Crippen LogP contribution is -2.49. The molecule has 6 heteroatoms. The van der Waals surface area contributed by atoms with Gasteiger partial charge in [0, 0.05) is 21.1 Å². The molecule has 0 rings (SSSR count). The average molecular weight is 160 g/mol. The van der Waals surface area contributed by atoms with Crippen molar-refractivity contribution >= 4 is 12.1 Å². The van der Waals surface area contributed by atoms with Gasteiger partial charge in [-0.05, 0) is 0 Å². The van der Waals surface area contributed by atoms with Gasteiger partial charge in [0.25, 0.3) is 0 Å². The Balaban J connectivity index is 3.54. The molecule has 0 aromatic carbocycles. The number of carbonyl (C=O) groups is 2. The molecule has 0 heterocycles. The van der Waals surface area contributed by atoms with Crippen LogP contribution in [0, 0.1) is 0 Å². The van der Waals surface area contributed by atoms with Crippen molar-refractivity contribution in [3.8, 4) is 0 Å². The molecule has 0 saturated heterocycles. The maximum absolute atomic E-state index is 10.7. The average Bonchev–Trinajstić information content (AvgIpc) is 1.99. The molecule has 6 nitrogen and oxygen atoms in total. The number of carbonyl (C=O) groups excluding carboxylic acids is 2. The van der Waals surface area contributed by atoms with Crippen LogP contribution in [0.1, 0.15) is 0 Å². The Kier molecular flexibility index (Phi) is 3.79. The second kappa shape index (κ2) is 4.37. The van der Waals surface area contributed by atoms with Crippen molar-refractivity contribution in [3.05, 3.63) is 0 Å². The summed E-state index contributed by atoms with van der Waals surface area (Å²) in [6.45, 7) is 0. The van der Waals surface area contributed by atoms with Gasteiger partial charge in [-0.2, -0.15) is 0 Å². The van der Waals surface area contributed by atoms with E-state index in [1.807, 2.05) is 0 Å². The molecule has 0 aliphatic carbocycles. The smallest absolute Gasteiger partial charge is 0.335 e. The highest BCUT2D eigenvalue weighted by molar-refractivity contribution is 5.79. The van der Waals surface area contributed by atoms with E-state index in [2.05, 4.69) is 16.2 Å². The molecule has 0 atom stereocenters. The predicted molar refractivity (Wildman–Crippen MR) is 39.8 cm³/mol. The summed E-state index contributed by atoms with van der Waals surface area (Å²) in [6, 6.07) is -0.839. The van der Waals surface area contributed by atoms with Crippen molar-refractivity contribution in [2.24, 2.45) is 0 Å². The second-order valence-corrected chi connectivity index (χ2v) is 2.03. The monoisotopic (exact) mass is 160 g/mol. The van der Waals surface area contributed by atoms with Gasteiger partial charge >= 0.3 is 12.1 Å². The lowest BCUT2D eigenvalue weighted by atomic mass is 10.8. The van der Waals surface area contributed by atoms with Crippen molar-refractivity contribution < 1.29 is 9.59 Å². The van der Waals surface area contributed by atoms with Crippen LogP contribution in [0.3, 0.4) is 0 Å².